The maximum Gasteiger partial charge on any atom is 0.251 e. The minimum atomic E-state index is -0.620. The van der Waals surface area contributed by atoms with Gasteiger partial charge in [-0.25, -0.2) is 8.78 Å². The van der Waals surface area contributed by atoms with Crippen molar-refractivity contribution in [2.75, 3.05) is 19.8 Å². The first-order valence-corrected chi connectivity index (χ1v) is 8.68. The van der Waals surface area contributed by atoms with E-state index in [9.17, 15) is 13.6 Å². The van der Waals surface area contributed by atoms with Crippen LogP contribution in [0.2, 0.25) is 0 Å². The summed E-state index contributed by atoms with van der Waals surface area (Å²) in [5.41, 5.74) is 1.00. The van der Waals surface area contributed by atoms with Crippen LogP contribution < -0.4 is 10.1 Å². The SMILES string of the molecule is O=C(NCCc1cc(F)cc(F)c1)c1ccc(OCC2CCCO2)cc1. The second-order valence-corrected chi connectivity index (χ2v) is 6.25. The fourth-order valence-electron chi connectivity index (χ4n) is 2.85. The Bertz CT molecular complexity index is 723. The Morgan fingerprint density at radius 1 is 1.15 bits per heavy atom. The number of rotatable bonds is 7. The van der Waals surface area contributed by atoms with Gasteiger partial charge < -0.3 is 14.8 Å². The number of hydrogen-bond donors (Lipinski definition) is 1. The Kier molecular flexibility index (Phi) is 6.17. The van der Waals surface area contributed by atoms with Crippen LogP contribution in [0.1, 0.15) is 28.8 Å². The first kappa shape index (κ1) is 18.3. The lowest BCUT2D eigenvalue weighted by atomic mass is 10.1. The van der Waals surface area contributed by atoms with E-state index in [4.69, 9.17) is 9.47 Å². The van der Waals surface area contributed by atoms with Crippen molar-refractivity contribution in [2.45, 2.75) is 25.4 Å². The van der Waals surface area contributed by atoms with Gasteiger partial charge in [-0.15, -0.1) is 0 Å². The van der Waals surface area contributed by atoms with Crippen LogP contribution in [0, 0.1) is 11.6 Å². The molecule has 138 valence electrons. The standard InChI is InChI=1S/C20H21F2NO3/c21-16-10-14(11-17(22)12-16)7-8-23-20(24)15-3-5-18(6-4-15)26-13-19-2-1-9-25-19/h3-6,10-12,19H,1-2,7-9,13H2,(H,23,24). The van der Waals surface area contributed by atoms with Crippen molar-refractivity contribution in [1.29, 1.82) is 0 Å². The molecule has 1 fully saturated rings. The highest BCUT2D eigenvalue weighted by Gasteiger charge is 2.16. The number of carbonyl (C=O) groups is 1. The van der Waals surface area contributed by atoms with Crippen LogP contribution in [0.15, 0.2) is 42.5 Å². The van der Waals surface area contributed by atoms with Gasteiger partial charge in [0.1, 0.15) is 24.0 Å². The monoisotopic (exact) mass is 361 g/mol. The number of benzene rings is 2. The molecule has 1 aliphatic heterocycles. The van der Waals surface area contributed by atoms with Crippen molar-refractivity contribution in [1.82, 2.24) is 5.32 Å². The van der Waals surface area contributed by atoms with Crippen molar-refractivity contribution in [3.05, 3.63) is 65.2 Å². The van der Waals surface area contributed by atoms with E-state index < -0.39 is 11.6 Å². The highest BCUT2D eigenvalue weighted by Crippen LogP contribution is 2.16. The van der Waals surface area contributed by atoms with Crippen molar-refractivity contribution >= 4 is 5.91 Å². The van der Waals surface area contributed by atoms with Gasteiger partial charge >= 0.3 is 0 Å². The molecule has 1 saturated heterocycles. The maximum atomic E-state index is 13.1. The van der Waals surface area contributed by atoms with Crippen LogP contribution in [0.5, 0.6) is 5.75 Å². The van der Waals surface area contributed by atoms with E-state index >= 15 is 0 Å². The Morgan fingerprint density at radius 2 is 1.88 bits per heavy atom. The lowest BCUT2D eigenvalue weighted by Crippen LogP contribution is -2.25. The van der Waals surface area contributed by atoms with Gasteiger partial charge in [0.2, 0.25) is 0 Å². The summed E-state index contributed by atoms with van der Waals surface area (Å²) in [5, 5.41) is 2.74. The van der Waals surface area contributed by atoms with Gasteiger partial charge in [0, 0.05) is 24.8 Å². The molecule has 0 bridgehead atoms. The molecule has 0 spiro atoms. The predicted octanol–water partition coefficient (Wildman–Crippen LogP) is 3.50. The largest absolute Gasteiger partial charge is 0.491 e. The topological polar surface area (TPSA) is 47.6 Å². The molecule has 26 heavy (non-hydrogen) atoms. The van der Waals surface area contributed by atoms with Crippen LogP contribution in [0.3, 0.4) is 0 Å². The summed E-state index contributed by atoms with van der Waals surface area (Å²) in [4.78, 5) is 12.1. The third-order valence-corrected chi connectivity index (χ3v) is 4.20. The molecule has 0 saturated carbocycles. The lowest BCUT2D eigenvalue weighted by molar-refractivity contribution is 0.0679. The second kappa shape index (κ2) is 8.76. The summed E-state index contributed by atoms with van der Waals surface area (Å²) in [6, 6.07) is 10.2. The van der Waals surface area contributed by atoms with Crippen molar-refractivity contribution in [3.63, 3.8) is 0 Å². The molecule has 0 aliphatic carbocycles. The van der Waals surface area contributed by atoms with Gasteiger partial charge in [-0.3, -0.25) is 4.79 Å². The average Bonchev–Trinajstić information content (AvgIpc) is 3.13. The summed E-state index contributed by atoms with van der Waals surface area (Å²) in [7, 11) is 0. The Morgan fingerprint density at radius 3 is 2.54 bits per heavy atom. The predicted molar refractivity (Wildman–Crippen MR) is 93.3 cm³/mol. The van der Waals surface area contributed by atoms with Crippen molar-refractivity contribution in [2.24, 2.45) is 0 Å². The molecule has 0 radical (unpaired) electrons. The fourth-order valence-corrected chi connectivity index (χ4v) is 2.85. The first-order valence-electron chi connectivity index (χ1n) is 8.68. The quantitative estimate of drug-likeness (QED) is 0.821. The molecule has 2 aromatic carbocycles. The third kappa shape index (κ3) is 5.26. The van der Waals surface area contributed by atoms with Gasteiger partial charge in [0.15, 0.2) is 0 Å². The smallest absolute Gasteiger partial charge is 0.251 e. The maximum absolute atomic E-state index is 13.1. The Hall–Kier alpha value is -2.47. The summed E-state index contributed by atoms with van der Waals surface area (Å²) in [5.74, 6) is -0.797. The van der Waals surface area contributed by atoms with Gasteiger partial charge in [0.25, 0.3) is 5.91 Å². The second-order valence-electron chi connectivity index (χ2n) is 6.25. The number of nitrogens with one attached hydrogen (secondary N) is 1. The molecule has 1 heterocycles. The Balaban J connectivity index is 1.45. The summed E-state index contributed by atoms with van der Waals surface area (Å²) in [6.45, 7) is 1.59. The van der Waals surface area contributed by atoms with E-state index in [-0.39, 0.29) is 12.0 Å². The van der Waals surface area contributed by atoms with Gasteiger partial charge in [0.05, 0.1) is 6.10 Å². The molecule has 1 N–H and O–H groups in total. The summed E-state index contributed by atoms with van der Waals surface area (Å²) >= 11 is 0. The molecule has 1 unspecified atom stereocenters. The van der Waals surface area contributed by atoms with E-state index in [1.54, 1.807) is 24.3 Å². The van der Waals surface area contributed by atoms with E-state index in [0.29, 0.717) is 36.4 Å². The fraction of sp³-hybridized carbons (Fsp3) is 0.350. The normalized spacial score (nSPS) is 16.5. The molecule has 1 amide bonds. The van der Waals surface area contributed by atoms with Gasteiger partial charge in [-0.05, 0) is 61.2 Å². The zero-order valence-corrected chi connectivity index (χ0v) is 14.3. The summed E-state index contributed by atoms with van der Waals surface area (Å²) in [6.07, 6.45) is 2.57. The van der Waals surface area contributed by atoms with Crippen LogP contribution >= 0.6 is 0 Å². The zero-order chi connectivity index (χ0) is 18.4. The number of carbonyl (C=O) groups excluding carboxylic acids is 1. The molecule has 6 heteroatoms. The van der Waals surface area contributed by atoms with Crippen LogP contribution in [0.4, 0.5) is 8.78 Å². The number of amides is 1. The van der Waals surface area contributed by atoms with Gasteiger partial charge in [-0.1, -0.05) is 0 Å². The highest BCUT2D eigenvalue weighted by molar-refractivity contribution is 5.94. The van der Waals surface area contributed by atoms with Gasteiger partial charge in [-0.2, -0.15) is 0 Å². The zero-order valence-electron chi connectivity index (χ0n) is 14.3. The molecular weight excluding hydrogens is 340 g/mol. The minimum absolute atomic E-state index is 0.144. The third-order valence-electron chi connectivity index (χ3n) is 4.20. The highest BCUT2D eigenvalue weighted by atomic mass is 19.1. The molecular formula is C20H21F2NO3. The number of hydrogen-bond acceptors (Lipinski definition) is 3. The van der Waals surface area contributed by atoms with Crippen molar-refractivity contribution in [3.8, 4) is 5.75 Å². The molecule has 1 atom stereocenters. The van der Waals surface area contributed by atoms with Crippen molar-refractivity contribution < 1.29 is 23.0 Å². The minimum Gasteiger partial charge on any atom is -0.491 e. The van der Waals surface area contributed by atoms with E-state index in [2.05, 4.69) is 5.32 Å². The van der Waals surface area contributed by atoms with Crippen LogP contribution in [-0.4, -0.2) is 31.8 Å². The molecule has 2 aromatic rings. The Labute approximate surface area is 151 Å². The molecule has 0 aromatic heterocycles. The molecule has 1 aliphatic rings. The summed E-state index contributed by atoms with van der Waals surface area (Å²) < 4.78 is 37.4. The first-order chi connectivity index (χ1) is 12.6. The van der Waals surface area contributed by atoms with E-state index in [1.807, 2.05) is 0 Å². The lowest BCUT2D eigenvalue weighted by Gasteiger charge is -2.12. The van der Waals surface area contributed by atoms with E-state index in [1.165, 1.54) is 12.1 Å². The number of halogens is 2. The number of ether oxygens (including phenoxy) is 2. The van der Waals surface area contributed by atoms with Crippen LogP contribution in [0.25, 0.3) is 0 Å². The average molecular weight is 361 g/mol. The molecule has 3 rings (SSSR count). The van der Waals surface area contributed by atoms with Crippen LogP contribution in [-0.2, 0) is 11.2 Å². The molecule has 4 nitrogen and oxygen atoms in total. The van der Waals surface area contributed by atoms with E-state index in [0.717, 1.165) is 25.5 Å².